The van der Waals surface area contributed by atoms with E-state index in [0.717, 1.165) is 12.8 Å². The molecule has 2 amide bonds. The molecule has 0 unspecified atom stereocenters. The Morgan fingerprint density at radius 2 is 1.72 bits per heavy atom. The number of benzene rings is 2. The van der Waals surface area contributed by atoms with Gasteiger partial charge in [-0.15, -0.1) is 0 Å². The van der Waals surface area contributed by atoms with Crippen LogP contribution in [0.3, 0.4) is 0 Å². The fourth-order valence-electron chi connectivity index (χ4n) is 2.53. The van der Waals surface area contributed by atoms with Gasteiger partial charge in [-0.1, -0.05) is 12.1 Å². The third kappa shape index (κ3) is 5.16. The molecule has 0 spiro atoms. The number of rotatable bonds is 7. The van der Waals surface area contributed by atoms with Crippen molar-refractivity contribution < 1.29 is 24.0 Å². The zero-order valence-corrected chi connectivity index (χ0v) is 15.6. The van der Waals surface area contributed by atoms with Gasteiger partial charge in [0, 0.05) is 17.7 Å². The number of esters is 1. The maximum absolute atomic E-state index is 12.2. The zero-order chi connectivity index (χ0) is 21.0. The summed E-state index contributed by atoms with van der Waals surface area (Å²) >= 11 is 0. The van der Waals surface area contributed by atoms with Crippen LogP contribution in [0, 0.1) is 16.0 Å². The number of nitrogens with zero attached hydrogens (tertiary/aromatic N) is 1. The molecule has 0 aliphatic heterocycles. The lowest BCUT2D eigenvalue weighted by Gasteiger charge is -2.14. The van der Waals surface area contributed by atoms with Gasteiger partial charge in [-0.3, -0.25) is 19.7 Å². The smallest absolute Gasteiger partial charge is 0.338 e. The molecule has 1 fully saturated rings. The molecule has 29 heavy (non-hydrogen) atoms. The third-order valence-corrected chi connectivity index (χ3v) is 4.35. The normalized spacial score (nSPS) is 13.8. The molecule has 150 valence electrons. The van der Waals surface area contributed by atoms with E-state index >= 15 is 0 Å². The quantitative estimate of drug-likeness (QED) is 0.420. The minimum absolute atomic E-state index is 0.0150. The number of amides is 2. The summed E-state index contributed by atoms with van der Waals surface area (Å²) in [6, 6.07) is 11.8. The van der Waals surface area contributed by atoms with Crippen LogP contribution in [-0.2, 0) is 14.3 Å². The summed E-state index contributed by atoms with van der Waals surface area (Å²) in [7, 11) is 0. The first-order valence-corrected chi connectivity index (χ1v) is 9.01. The van der Waals surface area contributed by atoms with E-state index in [1.54, 1.807) is 18.2 Å². The third-order valence-electron chi connectivity index (χ3n) is 4.35. The van der Waals surface area contributed by atoms with Gasteiger partial charge in [0.15, 0.2) is 6.10 Å². The molecule has 9 nitrogen and oxygen atoms in total. The summed E-state index contributed by atoms with van der Waals surface area (Å²) in [4.78, 5) is 46.6. The molecule has 0 radical (unpaired) electrons. The Labute approximate surface area is 166 Å². The molecule has 2 aromatic carbocycles. The Balaban J connectivity index is 1.57. The lowest BCUT2D eigenvalue weighted by atomic mass is 10.2. The van der Waals surface area contributed by atoms with Crippen molar-refractivity contribution in [1.82, 2.24) is 0 Å². The first-order valence-electron chi connectivity index (χ1n) is 9.01. The van der Waals surface area contributed by atoms with Crippen molar-refractivity contribution >= 4 is 34.8 Å². The van der Waals surface area contributed by atoms with E-state index in [0.29, 0.717) is 5.69 Å². The Morgan fingerprint density at radius 1 is 1.07 bits per heavy atom. The maximum atomic E-state index is 12.2. The Bertz CT molecular complexity index is 953. The number of anilines is 2. The average Bonchev–Trinajstić information content (AvgIpc) is 3.54. The van der Waals surface area contributed by atoms with Crippen molar-refractivity contribution in [3.8, 4) is 0 Å². The standard InChI is InChI=1S/C20H19N3O6/c1-12(18(24)22-16-4-2-3-5-17(16)23(27)28)29-20(26)14-8-10-15(11-9-14)21-19(25)13-6-7-13/h2-5,8-13H,6-7H2,1H3,(H,21,25)(H,22,24)/t12-/m1/s1. The molecule has 3 rings (SSSR count). The van der Waals surface area contributed by atoms with E-state index in [9.17, 15) is 24.5 Å². The van der Waals surface area contributed by atoms with E-state index in [-0.39, 0.29) is 28.8 Å². The number of para-hydroxylation sites is 2. The first kappa shape index (κ1) is 20.0. The van der Waals surface area contributed by atoms with E-state index in [4.69, 9.17) is 4.74 Å². The molecule has 0 heterocycles. The molecule has 0 saturated heterocycles. The number of ether oxygens (including phenoxy) is 1. The summed E-state index contributed by atoms with van der Waals surface area (Å²) < 4.78 is 5.13. The Hall–Kier alpha value is -3.75. The van der Waals surface area contributed by atoms with E-state index in [1.165, 1.54) is 37.3 Å². The minimum Gasteiger partial charge on any atom is -0.449 e. The lowest BCUT2D eigenvalue weighted by Crippen LogP contribution is -2.30. The molecule has 2 aromatic rings. The van der Waals surface area contributed by atoms with Gasteiger partial charge in [0.25, 0.3) is 11.6 Å². The minimum atomic E-state index is -1.17. The summed E-state index contributed by atoms with van der Waals surface area (Å²) in [5.41, 5.74) is 0.532. The van der Waals surface area contributed by atoms with Gasteiger partial charge in [-0.25, -0.2) is 4.79 Å². The van der Waals surface area contributed by atoms with Crippen LogP contribution in [0.15, 0.2) is 48.5 Å². The van der Waals surface area contributed by atoms with Gasteiger partial charge in [-0.05, 0) is 50.1 Å². The number of nitrogens with one attached hydrogen (secondary N) is 2. The average molecular weight is 397 g/mol. The van der Waals surface area contributed by atoms with Crippen molar-refractivity contribution in [2.45, 2.75) is 25.9 Å². The summed E-state index contributed by atoms with van der Waals surface area (Å²) in [6.45, 7) is 1.37. The Kier molecular flexibility index (Phi) is 5.87. The van der Waals surface area contributed by atoms with Crippen LogP contribution in [0.4, 0.5) is 17.1 Å². The topological polar surface area (TPSA) is 128 Å². The second-order valence-corrected chi connectivity index (χ2v) is 6.65. The summed E-state index contributed by atoms with van der Waals surface area (Å²) in [5.74, 6) is -1.39. The first-order chi connectivity index (χ1) is 13.8. The van der Waals surface area contributed by atoms with Crippen molar-refractivity contribution in [3.63, 3.8) is 0 Å². The highest BCUT2D eigenvalue weighted by molar-refractivity contribution is 5.99. The number of hydrogen-bond acceptors (Lipinski definition) is 6. The highest BCUT2D eigenvalue weighted by Gasteiger charge is 2.29. The van der Waals surface area contributed by atoms with Gasteiger partial charge in [0.2, 0.25) is 5.91 Å². The number of carbonyl (C=O) groups is 3. The van der Waals surface area contributed by atoms with Crippen molar-refractivity contribution in [2.75, 3.05) is 10.6 Å². The van der Waals surface area contributed by atoms with Crippen LogP contribution in [-0.4, -0.2) is 28.8 Å². The van der Waals surface area contributed by atoms with Gasteiger partial charge in [0.05, 0.1) is 10.5 Å². The molecule has 1 saturated carbocycles. The van der Waals surface area contributed by atoms with Crippen LogP contribution < -0.4 is 10.6 Å². The highest BCUT2D eigenvalue weighted by atomic mass is 16.6. The second kappa shape index (κ2) is 8.51. The second-order valence-electron chi connectivity index (χ2n) is 6.65. The molecule has 1 aliphatic rings. The molecular formula is C20H19N3O6. The predicted molar refractivity (Wildman–Crippen MR) is 104 cm³/mol. The van der Waals surface area contributed by atoms with E-state index in [2.05, 4.69) is 10.6 Å². The number of nitro groups is 1. The Morgan fingerprint density at radius 3 is 2.34 bits per heavy atom. The monoisotopic (exact) mass is 397 g/mol. The molecule has 0 bridgehead atoms. The van der Waals surface area contributed by atoms with Crippen LogP contribution in [0.2, 0.25) is 0 Å². The fraction of sp³-hybridized carbons (Fsp3) is 0.250. The van der Waals surface area contributed by atoms with Gasteiger partial charge in [-0.2, -0.15) is 0 Å². The summed E-state index contributed by atoms with van der Waals surface area (Å²) in [6.07, 6.45) is 0.613. The molecule has 9 heteroatoms. The number of nitro benzene ring substituents is 1. The molecule has 1 atom stereocenters. The van der Waals surface area contributed by atoms with Crippen molar-refractivity contribution in [1.29, 1.82) is 0 Å². The fourth-order valence-corrected chi connectivity index (χ4v) is 2.53. The SMILES string of the molecule is C[C@@H](OC(=O)c1ccc(NC(=O)C2CC2)cc1)C(=O)Nc1ccccc1[N+](=O)[O-]. The number of carbonyl (C=O) groups excluding carboxylic acids is 3. The van der Waals surface area contributed by atoms with E-state index in [1.807, 2.05) is 0 Å². The summed E-state index contributed by atoms with van der Waals surface area (Å²) in [5, 5.41) is 16.2. The van der Waals surface area contributed by atoms with Crippen molar-refractivity contribution in [2.24, 2.45) is 5.92 Å². The van der Waals surface area contributed by atoms with Crippen molar-refractivity contribution in [3.05, 3.63) is 64.2 Å². The van der Waals surface area contributed by atoms with Gasteiger partial charge < -0.3 is 15.4 Å². The molecule has 1 aliphatic carbocycles. The predicted octanol–water partition coefficient (Wildman–Crippen LogP) is 3.13. The van der Waals surface area contributed by atoms with Crippen LogP contribution in [0.25, 0.3) is 0 Å². The number of hydrogen-bond donors (Lipinski definition) is 2. The van der Waals surface area contributed by atoms with Crippen LogP contribution in [0.1, 0.15) is 30.1 Å². The van der Waals surface area contributed by atoms with Gasteiger partial charge >= 0.3 is 5.97 Å². The largest absolute Gasteiger partial charge is 0.449 e. The zero-order valence-electron chi connectivity index (χ0n) is 15.6. The molecule has 2 N–H and O–H groups in total. The molecule has 0 aromatic heterocycles. The highest BCUT2D eigenvalue weighted by Crippen LogP contribution is 2.30. The van der Waals surface area contributed by atoms with E-state index < -0.39 is 22.9 Å². The molecular weight excluding hydrogens is 378 g/mol. The van der Waals surface area contributed by atoms with Gasteiger partial charge in [0.1, 0.15) is 5.69 Å². The lowest BCUT2D eigenvalue weighted by molar-refractivity contribution is -0.383. The van der Waals surface area contributed by atoms with Crippen LogP contribution >= 0.6 is 0 Å². The van der Waals surface area contributed by atoms with Crippen LogP contribution in [0.5, 0.6) is 0 Å². The maximum Gasteiger partial charge on any atom is 0.338 e.